The normalized spacial score (nSPS) is 35.4. The van der Waals surface area contributed by atoms with Crippen LogP contribution in [-0.2, 0) is 47.8 Å². The number of amides is 4. The maximum atomic E-state index is 13.6. The summed E-state index contributed by atoms with van der Waals surface area (Å²) in [5.74, 6) is -3.11. The van der Waals surface area contributed by atoms with E-state index in [1.165, 1.54) is 18.7 Å². The predicted octanol–water partition coefficient (Wildman–Crippen LogP) is -4.77. The van der Waals surface area contributed by atoms with Gasteiger partial charge in [0, 0.05) is 38.8 Å². The van der Waals surface area contributed by atoms with Gasteiger partial charge in [0.25, 0.3) is 11.8 Å². The molecule has 4 rings (SSSR count). The standard InChI is InChI=1S/C32H52N4O17/c1-15-23(41)25(43)27(45)31(51-15)49-13-11-33-29(47)17-7-8-18(30(48)34-12-14-50-32-28(46)26(44)24(42)16(2)52-32)35(17)19(37)5-3-4-6-22(40)53-36-20(38)9-10-21(36)39/h15-18,23-29,31-33,41-47H,3-14H2,1-2H3,(H,34,48)/t15-,16-,17+,18+,23+,24+,25+,26+,27-,28-,29?,31+,32+/m0/s1. The number of likely N-dealkylation sites (tertiary alicyclic amines) is 1. The molecule has 4 amide bonds. The monoisotopic (exact) mass is 764 g/mol. The molecule has 4 heterocycles. The number of hydrogen-bond acceptors (Lipinski definition) is 18. The Morgan fingerprint density at radius 1 is 0.774 bits per heavy atom. The molecule has 0 radical (unpaired) electrons. The molecule has 53 heavy (non-hydrogen) atoms. The van der Waals surface area contributed by atoms with Crippen molar-refractivity contribution >= 4 is 29.6 Å². The molecular weight excluding hydrogens is 712 g/mol. The van der Waals surface area contributed by atoms with Crippen LogP contribution in [0, 0.1) is 0 Å². The zero-order valence-electron chi connectivity index (χ0n) is 29.6. The number of hydrogen-bond donors (Lipinski definition) is 9. The minimum absolute atomic E-state index is 0.00290. The average Bonchev–Trinajstić information content (AvgIpc) is 3.72. The van der Waals surface area contributed by atoms with Crippen LogP contribution in [0.3, 0.4) is 0 Å². The van der Waals surface area contributed by atoms with Crippen molar-refractivity contribution in [3.05, 3.63) is 0 Å². The Bertz CT molecular complexity index is 1260. The Morgan fingerprint density at radius 2 is 1.30 bits per heavy atom. The van der Waals surface area contributed by atoms with E-state index in [1.807, 2.05) is 0 Å². The molecule has 13 atom stereocenters. The topological polar surface area (TPSA) is 304 Å². The van der Waals surface area contributed by atoms with E-state index in [-0.39, 0.29) is 77.7 Å². The number of aliphatic hydroxyl groups excluding tert-OH is 7. The van der Waals surface area contributed by atoms with Gasteiger partial charge in [-0.1, -0.05) is 0 Å². The Kier molecular flexibility index (Phi) is 15.8. The van der Waals surface area contributed by atoms with Crippen molar-refractivity contribution < 1.29 is 83.5 Å². The van der Waals surface area contributed by atoms with Crippen LogP contribution in [0.5, 0.6) is 0 Å². The van der Waals surface area contributed by atoms with Crippen LogP contribution in [0.25, 0.3) is 0 Å². The molecule has 9 N–H and O–H groups in total. The smallest absolute Gasteiger partial charge is 0.333 e. The zero-order valence-corrected chi connectivity index (χ0v) is 29.6. The highest BCUT2D eigenvalue weighted by Crippen LogP contribution is 2.28. The highest BCUT2D eigenvalue weighted by molar-refractivity contribution is 6.01. The van der Waals surface area contributed by atoms with Gasteiger partial charge in [-0.2, -0.15) is 0 Å². The first-order valence-corrected chi connectivity index (χ1v) is 17.8. The minimum Gasteiger partial charge on any atom is -0.388 e. The molecule has 0 aromatic heterocycles. The van der Waals surface area contributed by atoms with Crippen LogP contribution < -0.4 is 10.6 Å². The van der Waals surface area contributed by atoms with Gasteiger partial charge in [-0.15, -0.1) is 5.06 Å². The van der Waals surface area contributed by atoms with Crippen molar-refractivity contribution in [2.24, 2.45) is 0 Å². The summed E-state index contributed by atoms with van der Waals surface area (Å²) in [5, 5.41) is 77.0. The van der Waals surface area contributed by atoms with Gasteiger partial charge in [0.2, 0.25) is 11.8 Å². The van der Waals surface area contributed by atoms with Gasteiger partial charge in [-0.25, -0.2) is 4.79 Å². The highest BCUT2D eigenvalue weighted by atomic mass is 16.7. The summed E-state index contributed by atoms with van der Waals surface area (Å²) in [7, 11) is 0. The number of carbonyl (C=O) groups excluding carboxylic acids is 5. The Morgan fingerprint density at radius 3 is 1.87 bits per heavy atom. The van der Waals surface area contributed by atoms with Gasteiger partial charge in [-0.3, -0.25) is 24.5 Å². The lowest BCUT2D eigenvalue weighted by Gasteiger charge is -2.39. The summed E-state index contributed by atoms with van der Waals surface area (Å²) in [5.41, 5.74) is 0. The second-order valence-electron chi connectivity index (χ2n) is 13.5. The summed E-state index contributed by atoms with van der Waals surface area (Å²) >= 11 is 0. The molecule has 0 bridgehead atoms. The Hall–Kier alpha value is -2.93. The molecule has 0 aliphatic carbocycles. The first kappa shape index (κ1) is 42.8. The van der Waals surface area contributed by atoms with Crippen molar-refractivity contribution in [3.63, 3.8) is 0 Å². The summed E-state index contributed by atoms with van der Waals surface area (Å²) < 4.78 is 21.7. The molecule has 1 unspecified atom stereocenters. The van der Waals surface area contributed by atoms with Crippen molar-refractivity contribution in [3.8, 4) is 0 Å². The lowest BCUT2D eigenvalue weighted by molar-refractivity contribution is -0.292. The number of carbonyl (C=O) groups is 5. The van der Waals surface area contributed by atoms with Crippen molar-refractivity contribution in [1.82, 2.24) is 20.6 Å². The van der Waals surface area contributed by atoms with Gasteiger partial charge >= 0.3 is 5.97 Å². The number of nitrogens with zero attached hydrogens (tertiary/aromatic N) is 2. The van der Waals surface area contributed by atoms with E-state index in [9.17, 15) is 59.7 Å². The Balaban J connectivity index is 1.29. The molecule has 0 aromatic rings. The third kappa shape index (κ3) is 10.9. The van der Waals surface area contributed by atoms with Gasteiger partial charge in [0.1, 0.15) is 48.9 Å². The summed E-state index contributed by atoms with van der Waals surface area (Å²) in [6.45, 7) is 2.64. The number of nitrogens with one attached hydrogen (secondary N) is 2. The van der Waals surface area contributed by atoms with Crippen LogP contribution in [0.2, 0.25) is 0 Å². The molecule has 4 aliphatic rings. The maximum absolute atomic E-state index is 13.6. The number of hydroxylamine groups is 2. The van der Waals surface area contributed by atoms with E-state index in [0.29, 0.717) is 5.06 Å². The fourth-order valence-corrected chi connectivity index (χ4v) is 6.53. The average molecular weight is 765 g/mol. The van der Waals surface area contributed by atoms with Crippen LogP contribution in [0.15, 0.2) is 0 Å². The molecule has 4 fully saturated rings. The molecule has 21 nitrogen and oxygen atoms in total. The molecule has 21 heteroatoms. The van der Waals surface area contributed by atoms with E-state index in [2.05, 4.69) is 10.6 Å². The quantitative estimate of drug-likeness (QED) is 0.0381. The largest absolute Gasteiger partial charge is 0.388 e. The van der Waals surface area contributed by atoms with E-state index in [1.54, 1.807) is 0 Å². The molecule has 0 spiro atoms. The third-order valence-corrected chi connectivity index (χ3v) is 9.64. The summed E-state index contributed by atoms with van der Waals surface area (Å²) in [6, 6.07) is -1.88. The van der Waals surface area contributed by atoms with Crippen molar-refractivity contribution in [1.29, 1.82) is 0 Å². The minimum atomic E-state index is -1.53. The van der Waals surface area contributed by atoms with E-state index in [0.717, 1.165) is 0 Å². The Labute approximate surface area is 305 Å². The molecule has 4 aliphatic heterocycles. The molecule has 0 saturated carbocycles. The van der Waals surface area contributed by atoms with E-state index in [4.69, 9.17) is 23.8 Å². The number of imide groups is 1. The van der Waals surface area contributed by atoms with Crippen molar-refractivity contribution in [2.75, 3.05) is 26.3 Å². The van der Waals surface area contributed by atoms with Crippen molar-refractivity contribution in [2.45, 2.75) is 145 Å². The second-order valence-corrected chi connectivity index (χ2v) is 13.5. The van der Waals surface area contributed by atoms with Gasteiger partial charge < -0.3 is 69.7 Å². The van der Waals surface area contributed by atoms with E-state index >= 15 is 0 Å². The third-order valence-electron chi connectivity index (χ3n) is 9.64. The maximum Gasteiger partial charge on any atom is 0.333 e. The lowest BCUT2D eigenvalue weighted by Crippen LogP contribution is -2.58. The fraction of sp³-hybridized carbons (Fsp3) is 0.844. The van der Waals surface area contributed by atoms with Gasteiger partial charge in [0.05, 0.1) is 31.5 Å². The van der Waals surface area contributed by atoms with Gasteiger partial charge in [-0.05, 0) is 39.5 Å². The van der Waals surface area contributed by atoms with Crippen LogP contribution in [0.1, 0.15) is 65.2 Å². The van der Waals surface area contributed by atoms with Crippen LogP contribution in [-0.4, -0.2) is 181 Å². The van der Waals surface area contributed by atoms with Crippen LogP contribution >= 0.6 is 0 Å². The molecule has 4 saturated heterocycles. The number of unbranched alkanes of at least 4 members (excludes halogenated alkanes) is 1. The SMILES string of the molecule is C[C@@H]1O[C@@H](OCCNC(=O)[C@H]2CC[C@H](C(O)NCCO[C@@H]3O[C@@H](C)[C@@H](O)[C@@H](O)[C@@H]3O)N2C(=O)CCCCC(=O)ON2C(=O)CCC2=O)[C@@H](O)[C@H](O)[C@@H]1O. The molecule has 0 aromatic carbocycles. The zero-order chi connectivity index (χ0) is 39.0. The lowest BCUT2D eigenvalue weighted by atomic mass is 10.0. The molecule has 302 valence electrons. The first-order chi connectivity index (χ1) is 25.1. The fourth-order valence-electron chi connectivity index (χ4n) is 6.53. The van der Waals surface area contributed by atoms with Gasteiger partial charge in [0.15, 0.2) is 12.6 Å². The van der Waals surface area contributed by atoms with Crippen LogP contribution in [0.4, 0.5) is 0 Å². The molecular formula is C32H52N4O17. The second kappa shape index (κ2) is 19.6. The van der Waals surface area contributed by atoms with E-state index < -0.39 is 109 Å². The summed E-state index contributed by atoms with van der Waals surface area (Å²) in [4.78, 5) is 68.6. The first-order valence-electron chi connectivity index (χ1n) is 17.8. The number of rotatable bonds is 17. The summed E-state index contributed by atoms with van der Waals surface area (Å²) in [6.07, 6.45) is -13.8. The number of aliphatic hydroxyl groups is 7. The highest BCUT2D eigenvalue weighted by Gasteiger charge is 2.45. The predicted molar refractivity (Wildman–Crippen MR) is 173 cm³/mol. The number of ether oxygens (including phenoxy) is 4.